The summed E-state index contributed by atoms with van der Waals surface area (Å²) in [5.74, 6) is -1.06. The van der Waals surface area contributed by atoms with Gasteiger partial charge in [-0.2, -0.15) is 17.0 Å². The number of hydrogen-bond donors (Lipinski definition) is 0. The van der Waals surface area contributed by atoms with Crippen molar-refractivity contribution >= 4 is 22.0 Å². The van der Waals surface area contributed by atoms with Gasteiger partial charge in [-0.15, -0.1) is 0 Å². The zero-order valence-corrected chi connectivity index (χ0v) is 16.0. The molecule has 26 heavy (non-hydrogen) atoms. The number of hydrogen-bond acceptors (Lipinski definition) is 5. The van der Waals surface area contributed by atoms with Gasteiger partial charge in [-0.1, -0.05) is 12.8 Å². The van der Waals surface area contributed by atoms with Crippen LogP contribution in [0.2, 0.25) is 0 Å². The smallest absolute Gasteiger partial charge is 0.312 e. The number of nitrogens with zero attached hydrogens (tertiary/aromatic N) is 4. The molecule has 0 N–H and O–H groups in total. The summed E-state index contributed by atoms with van der Waals surface area (Å²) in [6.45, 7) is 3.85. The standard InChI is InChI=1S/C16H28N4O5S/c21-15(16(22)18-11-13-25-14-12-18)17-7-9-20(10-8-17)26(23,24)19-5-3-1-2-4-6-19/h1-14H2. The van der Waals surface area contributed by atoms with E-state index in [9.17, 15) is 18.0 Å². The number of amides is 2. The lowest BCUT2D eigenvalue weighted by molar-refractivity contribution is -0.154. The Bertz CT molecular complexity index is 604. The highest BCUT2D eigenvalue weighted by Crippen LogP contribution is 2.18. The van der Waals surface area contributed by atoms with Crippen molar-refractivity contribution in [2.75, 3.05) is 65.6 Å². The molecule has 148 valence electrons. The minimum Gasteiger partial charge on any atom is -0.378 e. The first kappa shape index (κ1) is 19.5. The maximum atomic E-state index is 12.8. The monoisotopic (exact) mass is 388 g/mol. The zero-order chi connectivity index (χ0) is 18.6. The summed E-state index contributed by atoms with van der Waals surface area (Å²) >= 11 is 0. The van der Waals surface area contributed by atoms with Crippen LogP contribution in [0.1, 0.15) is 25.7 Å². The van der Waals surface area contributed by atoms with Crippen molar-refractivity contribution in [3.63, 3.8) is 0 Å². The molecule has 9 nitrogen and oxygen atoms in total. The van der Waals surface area contributed by atoms with E-state index in [0.717, 1.165) is 25.7 Å². The number of rotatable bonds is 2. The number of morpholine rings is 1. The first-order chi connectivity index (χ1) is 12.5. The van der Waals surface area contributed by atoms with E-state index in [1.165, 1.54) is 14.1 Å². The second-order valence-electron chi connectivity index (χ2n) is 6.92. The predicted molar refractivity (Wildman–Crippen MR) is 94.5 cm³/mol. The largest absolute Gasteiger partial charge is 0.378 e. The third-order valence-electron chi connectivity index (χ3n) is 5.22. The van der Waals surface area contributed by atoms with Gasteiger partial charge in [0.25, 0.3) is 10.2 Å². The molecule has 0 aliphatic carbocycles. The first-order valence-electron chi connectivity index (χ1n) is 9.41. The normalized spacial score (nSPS) is 24.3. The Labute approximate surface area is 155 Å². The van der Waals surface area contributed by atoms with Crippen LogP contribution >= 0.6 is 0 Å². The predicted octanol–water partition coefficient (Wildman–Crippen LogP) is -0.890. The van der Waals surface area contributed by atoms with Gasteiger partial charge in [-0.25, -0.2) is 0 Å². The average Bonchev–Trinajstić information content (AvgIpc) is 2.98. The summed E-state index contributed by atoms with van der Waals surface area (Å²) in [6, 6.07) is 0. The molecule has 3 rings (SSSR count). The van der Waals surface area contributed by atoms with E-state index in [4.69, 9.17) is 4.74 Å². The van der Waals surface area contributed by atoms with Crippen molar-refractivity contribution in [2.45, 2.75) is 25.7 Å². The summed E-state index contributed by atoms with van der Waals surface area (Å²) < 4.78 is 33.8. The van der Waals surface area contributed by atoms with E-state index in [-0.39, 0.29) is 26.2 Å². The summed E-state index contributed by atoms with van der Waals surface area (Å²) in [5.41, 5.74) is 0. The molecule has 10 heteroatoms. The highest BCUT2D eigenvalue weighted by atomic mass is 32.2. The molecular formula is C16H28N4O5S. The molecule has 0 aromatic heterocycles. The molecule has 3 saturated heterocycles. The lowest BCUT2D eigenvalue weighted by atomic mass is 10.2. The summed E-state index contributed by atoms with van der Waals surface area (Å²) in [7, 11) is -3.48. The third-order valence-corrected chi connectivity index (χ3v) is 7.26. The van der Waals surface area contributed by atoms with Gasteiger partial charge < -0.3 is 14.5 Å². The van der Waals surface area contributed by atoms with Gasteiger partial charge in [0.1, 0.15) is 0 Å². The van der Waals surface area contributed by atoms with Crippen LogP contribution in [-0.4, -0.2) is 104 Å². The Morgan fingerprint density at radius 3 is 1.62 bits per heavy atom. The molecule has 0 spiro atoms. The van der Waals surface area contributed by atoms with Crippen LogP contribution in [0, 0.1) is 0 Å². The number of piperazine rings is 1. The van der Waals surface area contributed by atoms with Gasteiger partial charge in [0.2, 0.25) is 0 Å². The van der Waals surface area contributed by atoms with Gasteiger partial charge >= 0.3 is 11.8 Å². The summed E-state index contributed by atoms with van der Waals surface area (Å²) in [5, 5.41) is 0. The molecular weight excluding hydrogens is 360 g/mol. The van der Waals surface area contributed by atoms with E-state index in [2.05, 4.69) is 0 Å². The Hall–Kier alpha value is -1.23. The molecule has 2 amide bonds. The molecule has 0 aromatic rings. The maximum Gasteiger partial charge on any atom is 0.312 e. The molecule has 0 bridgehead atoms. The Morgan fingerprint density at radius 2 is 1.08 bits per heavy atom. The Kier molecular flexibility index (Phi) is 6.49. The molecule has 0 unspecified atom stereocenters. The van der Waals surface area contributed by atoms with Crippen molar-refractivity contribution in [3.8, 4) is 0 Å². The topological polar surface area (TPSA) is 90.5 Å². The van der Waals surface area contributed by atoms with E-state index in [1.54, 1.807) is 4.31 Å². The van der Waals surface area contributed by atoms with Crippen LogP contribution < -0.4 is 0 Å². The first-order valence-corrected chi connectivity index (χ1v) is 10.8. The van der Waals surface area contributed by atoms with Crippen molar-refractivity contribution < 1.29 is 22.7 Å². The fourth-order valence-electron chi connectivity index (χ4n) is 3.59. The van der Waals surface area contributed by atoms with E-state index < -0.39 is 22.0 Å². The maximum absolute atomic E-state index is 12.8. The lowest BCUT2D eigenvalue weighted by Crippen LogP contribution is -2.57. The van der Waals surface area contributed by atoms with Gasteiger partial charge in [-0.05, 0) is 12.8 Å². The van der Waals surface area contributed by atoms with Crippen LogP contribution in [0.4, 0.5) is 0 Å². The quantitative estimate of drug-likeness (QED) is 0.573. The number of ether oxygens (including phenoxy) is 1. The van der Waals surface area contributed by atoms with E-state index in [1.807, 2.05) is 0 Å². The molecule has 3 aliphatic rings. The summed E-state index contributed by atoms with van der Waals surface area (Å²) in [4.78, 5) is 27.7. The molecule has 3 fully saturated rings. The van der Waals surface area contributed by atoms with Crippen molar-refractivity contribution in [1.29, 1.82) is 0 Å². The average molecular weight is 388 g/mol. The van der Waals surface area contributed by atoms with Crippen molar-refractivity contribution in [3.05, 3.63) is 0 Å². The van der Waals surface area contributed by atoms with Gasteiger partial charge in [0.05, 0.1) is 13.2 Å². The van der Waals surface area contributed by atoms with E-state index in [0.29, 0.717) is 39.4 Å². The van der Waals surface area contributed by atoms with Crippen LogP contribution in [0.5, 0.6) is 0 Å². The molecule has 0 saturated carbocycles. The fourth-order valence-corrected chi connectivity index (χ4v) is 5.27. The number of carbonyl (C=O) groups excluding carboxylic acids is 2. The second kappa shape index (κ2) is 8.64. The molecule has 3 aliphatic heterocycles. The highest BCUT2D eigenvalue weighted by Gasteiger charge is 2.36. The van der Waals surface area contributed by atoms with Crippen molar-refractivity contribution in [2.24, 2.45) is 0 Å². The van der Waals surface area contributed by atoms with Crippen LogP contribution in [-0.2, 0) is 24.5 Å². The molecule has 0 atom stereocenters. The molecule has 0 aromatic carbocycles. The van der Waals surface area contributed by atoms with Crippen molar-refractivity contribution in [1.82, 2.24) is 18.4 Å². The Balaban J connectivity index is 1.54. The third kappa shape index (κ3) is 4.36. The fraction of sp³-hybridized carbons (Fsp3) is 0.875. The number of carbonyl (C=O) groups is 2. The van der Waals surface area contributed by atoms with Crippen LogP contribution in [0.15, 0.2) is 0 Å². The zero-order valence-electron chi connectivity index (χ0n) is 15.1. The summed E-state index contributed by atoms with van der Waals surface area (Å²) in [6.07, 6.45) is 3.92. The Morgan fingerprint density at radius 1 is 0.615 bits per heavy atom. The van der Waals surface area contributed by atoms with E-state index >= 15 is 0 Å². The van der Waals surface area contributed by atoms with Gasteiger partial charge in [0, 0.05) is 52.4 Å². The minimum absolute atomic E-state index is 0.237. The molecule has 0 radical (unpaired) electrons. The van der Waals surface area contributed by atoms with Crippen LogP contribution in [0.3, 0.4) is 0 Å². The SMILES string of the molecule is O=C(C(=O)N1CCN(S(=O)(=O)N2CCCCCC2)CC1)N1CCOCC1. The lowest BCUT2D eigenvalue weighted by Gasteiger charge is -2.37. The second-order valence-corrected chi connectivity index (χ2v) is 8.85. The highest BCUT2D eigenvalue weighted by molar-refractivity contribution is 7.86. The van der Waals surface area contributed by atoms with Crippen LogP contribution in [0.25, 0.3) is 0 Å². The minimum atomic E-state index is -3.48. The van der Waals surface area contributed by atoms with Gasteiger partial charge in [-0.3, -0.25) is 9.59 Å². The molecule has 3 heterocycles. The van der Waals surface area contributed by atoms with Gasteiger partial charge in [0.15, 0.2) is 0 Å².